The first-order chi connectivity index (χ1) is 11.7. The lowest BCUT2D eigenvalue weighted by Gasteiger charge is -2.23. The third-order valence-electron chi connectivity index (χ3n) is 3.37. The van der Waals surface area contributed by atoms with Gasteiger partial charge in [0.15, 0.2) is 0 Å². The van der Waals surface area contributed by atoms with Crippen molar-refractivity contribution in [2.24, 2.45) is 5.92 Å². The molecule has 1 amide bonds. The maximum absolute atomic E-state index is 12.3. The normalized spacial score (nSPS) is 11.6. The largest absolute Gasteiger partial charge is 0.299 e. The van der Waals surface area contributed by atoms with Gasteiger partial charge in [0.1, 0.15) is 11.6 Å². The second-order valence-corrected chi connectivity index (χ2v) is 9.17. The number of amides is 1. The topological polar surface area (TPSA) is 92.3 Å². The molecule has 1 aromatic heterocycles. The van der Waals surface area contributed by atoms with Crippen LogP contribution in [0.25, 0.3) is 0 Å². The maximum Gasteiger partial charge on any atom is 0.246 e. The highest BCUT2D eigenvalue weighted by molar-refractivity contribution is 7.92. The molecule has 0 bridgehead atoms. The van der Waals surface area contributed by atoms with Crippen LogP contribution in [-0.2, 0) is 21.2 Å². The van der Waals surface area contributed by atoms with E-state index in [1.54, 1.807) is 25.1 Å². The van der Waals surface area contributed by atoms with Crippen LogP contribution in [0.2, 0.25) is 0 Å². The van der Waals surface area contributed by atoms with Crippen molar-refractivity contribution in [1.29, 1.82) is 0 Å². The SMILES string of the molecule is Cc1ccccc1N(CC(=O)Nc1nnc(CC(C)C)s1)S(C)(=O)=O. The van der Waals surface area contributed by atoms with Crippen LogP contribution >= 0.6 is 11.3 Å². The van der Waals surface area contributed by atoms with E-state index in [0.717, 1.165) is 27.6 Å². The van der Waals surface area contributed by atoms with Gasteiger partial charge in [0.25, 0.3) is 0 Å². The molecule has 136 valence electrons. The number of anilines is 2. The first kappa shape index (κ1) is 19.3. The summed E-state index contributed by atoms with van der Waals surface area (Å²) in [6, 6.07) is 7.03. The van der Waals surface area contributed by atoms with Gasteiger partial charge < -0.3 is 0 Å². The Kier molecular flexibility index (Phi) is 6.12. The zero-order chi connectivity index (χ0) is 18.6. The molecule has 2 aromatic rings. The lowest BCUT2D eigenvalue weighted by atomic mass is 10.1. The molecule has 25 heavy (non-hydrogen) atoms. The minimum absolute atomic E-state index is 0.317. The van der Waals surface area contributed by atoms with Crippen LogP contribution in [0.1, 0.15) is 24.4 Å². The molecule has 0 spiro atoms. The molecule has 7 nitrogen and oxygen atoms in total. The van der Waals surface area contributed by atoms with E-state index in [9.17, 15) is 13.2 Å². The maximum atomic E-state index is 12.3. The predicted molar refractivity (Wildman–Crippen MR) is 100 cm³/mol. The van der Waals surface area contributed by atoms with Gasteiger partial charge in [-0.1, -0.05) is 43.4 Å². The third-order valence-corrected chi connectivity index (χ3v) is 5.36. The third kappa shape index (κ3) is 5.50. The van der Waals surface area contributed by atoms with Gasteiger partial charge in [-0.25, -0.2) is 8.42 Å². The van der Waals surface area contributed by atoms with Gasteiger partial charge in [0.2, 0.25) is 21.1 Å². The monoisotopic (exact) mass is 382 g/mol. The van der Waals surface area contributed by atoms with Gasteiger partial charge in [0, 0.05) is 6.42 Å². The number of nitrogens with zero attached hydrogens (tertiary/aromatic N) is 3. The molecule has 2 rings (SSSR count). The van der Waals surface area contributed by atoms with Gasteiger partial charge >= 0.3 is 0 Å². The number of rotatable bonds is 7. The van der Waals surface area contributed by atoms with Crippen molar-refractivity contribution < 1.29 is 13.2 Å². The number of hydrogen-bond donors (Lipinski definition) is 1. The van der Waals surface area contributed by atoms with E-state index in [0.29, 0.717) is 16.7 Å². The number of carbonyl (C=O) groups is 1. The molecular weight excluding hydrogens is 360 g/mol. The second-order valence-electron chi connectivity index (χ2n) is 6.20. The summed E-state index contributed by atoms with van der Waals surface area (Å²) >= 11 is 1.30. The highest BCUT2D eigenvalue weighted by Crippen LogP contribution is 2.22. The van der Waals surface area contributed by atoms with E-state index in [-0.39, 0.29) is 6.54 Å². The molecule has 0 atom stereocenters. The van der Waals surface area contributed by atoms with E-state index in [1.807, 2.05) is 6.07 Å². The average molecular weight is 383 g/mol. The first-order valence-corrected chi connectivity index (χ1v) is 10.5. The Balaban J connectivity index is 2.13. The summed E-state index contributed by atoms with van der Waals surface area (Å²) in [7, 11) is -3.60. The van der Waals surface area contributed by atoms with Gasteiger partial charge in [0.05, 0.1) is 11.9 Å². The molecule has 0 fully saturated rings. The van der Waals surface area contributed by atoms with E-state index in [1.165, 1.54) is 11.3 Å². The second kappa shape index (κ2) is 7.92. The van der Waals surface area contributed by atoms with Crippen molar-refractivity contribution in [3.63, 3.8) is 0 Å². The number of aryl methyl sites for hydroxylation is 1. The highest BCUT2D eigenvalue weighted by Gasteiger charge is 2.22. The number of nitrogens with one attached hydrogen (secondary N) is 1. The van der Waals surface area contributed by atoms with Crippen LogP contribution in [0.15, 0.2) is 24.3 Å². The fourth-order valence-corrected chi connectivity index (χ4v) is 4.13. The molecular formula is C16H22N4O3S2. The molecule has 1 aromatic carbocycles. The van der Waals surface area contributed by atoms with Crippen LogP contribution in [-0.4, -0.2) is 37.3 Å². The zero-order valence-corrected chi connectivity index (χ0v) is 16.3. The van der Waals surface area contributed by atoms with Gasteiger partial charge in [-0.15, -0.1) is 10.2 Å². The summed E-state index contributed by atoms with van der Waals surface area (Å²) in [6.45, 7) is 5.63. The summed E-state index contributed by atoms with van der Waals surface area (Å²) in [6.07, 6.45) is 1.87. The van der Waals surface area contributed by atoms with E-state index in [2.05, 4.69) is 29.4 Å². The Morgan fingerprint density at radius 1 is 1.28 bits per heavy atom. The van der Waals surface area contributed by atoms with E-state index in [4.69, 9.17) is 0 Å². The summed E-state index contributed by atoms with van der Waals surface area (Å²) in [5, 5.41) is 11.8. The lowest BCUT2D eigenvalue weighted by Crippen LogP contribution is -2.37. The Morgan fingerprint density at radius 2 is 1.96 bits per heavy atom. The van der Waals surface area contributed by atoms with Gasteiger partial charge in [-0.2, -0.15) is 0 Å². The highest BCUT2D eigenvalue weighted by atomic mass is 32.2. The molecule has 0 radical (unpaired) electrons. The Hall–Kier alpha value is -2.00. The van der Waals surface area contributed by atoms with Crippen LogP contribution in [0, 0.1) is 12.8 Å². The fraction of sp³-hybridized carbons (Fsp3) is 0.438. The number of hydrogen-bond acceptors (Lipinski definition) is 6. The molecule has 1 N–H and O–H groups in total. The molecule has 0 saturated carbocycles. The molecule has 0 aliphatic rings. The first-order valence-electron chi connectivity index (χ1n) is 7.82. The van der Waals surface area contributed by atoms with Crippen molar-refractivity contribution in [1.82, 2.24) is 10.2 Å². The molecule has 0 unspecified atom stereocenters. The van der Waals surface area contributed by atoms with Crippen LogP contribution in [0.4, 0.5) is 10.8 Å². The Labute approximate surface area is 152 Å². The average Bonchev–Trinajstić information content (AvgIpc) is 2.90. The Bertz CT molecular complexity index is 847. The van der Waals surface area contributed by atoms with E-state index < -0.39 is 15.9 Å². The number of benzene rings is 1. The molecule has 9 heteroatoms. The van der Waals surface area contributed by atoms with Gasteiger partial charge in [-0.05, 0) is 24.5 Å². The summed E-state index contributed by atoms with van der Waals surface area (Å²) < 4.78 is 25.3. The number of carbonyl (C=O) groups excluding carboxylic acids is 1. The minimum Gasteiger partial charge on any atom is -0.299 e. The Morgan fingerprint density at radius 3 is 2.56 bits per heavy atom. The van der Waals surface area contributed by atoms with Crippen LogP contribution in [0.3, 0.4) is 0 Å². The molecule has 0 aliphatic heterocycles. The smallest absolute Gasteiger partial charge is 0.246 e. The molecule has 0 saturated heterocycles. The molecule has 0 aliphatic carbocycles. The zero-order valence-electron chi connectivity index (χ0n) is 14.7. The molecule has 1 heterocycles. The minimum atomic E-state index is -3.60. The number of para-hydroxylation sites is 1. The van der Waals surface area contributed by atoms with Crippen molar-refractivity contribution in [3.8, 4) is 0 Å². The number of aromatic nitrogens is 2. The van der Waals surface area contributed by atoms with Crippen molar-refractivity contribution in [2.45, 2.75) is 27.2 Å². The van der Waals surface area contributed by atoms with Crippen LogP contribution in [0.5, 0.6) is 0 Å². The van der Waals surface area contributed by atoms with E-state index >= 15 is 0 Å². The lowest BCUT2D eigenvalue weighted by molar-refractivity contribution is -0.114. The quantitative estimate of drug-likeness (QED) is 0.794. The van der Waals surface area contributed by atoms with Crippen LogP contribution < -0.4 is 9.62 Å². The summed E-state index contributed by atoms with van der Waals surface area (Å²) in [5.41, 5.74) is 1.26. The van der Waals surface area contributed by atoms with Crippen molar-refractivity contribution in [2.75, 3.05) is 22.4 Å². The standard InChI is InChI=1S/C16H22N4O3S2/c1-11(2)9-15-18-19-16(24-15)17-14(21)10-20(25(4,22)23)13-8-6-5-7-12(13)3/h5-8,11H,9-10H2,1-4H3,(H,17,19,21). The van der Waals surface area contributed by atoms with Crippen molar-refractivity contribution >= 4 is 38.1 Å². The summed E-state index contributed by atoms with van der Waals surface area (Å²) in [4.78, 5) is 12.3. The number of sulfonamides is 1. The van der Waals surface area contributed by atoms with Gasteiger partial charge in [-0.3, -0.25) is 14.4 Å². The predicted octanol–water partition coefficient (Wildman–Crippen LogP) is 2.45. The summed E-state index contributed by atoms with van der Waals surface area (Å²) in [5.74, 6) is -0.0146. The van der Waals surface area contributed by atoms with Crippen molar-refractivity contribution in [3.05, 3.63) is 34.8 Å². The fourth-order valence-electron chi connectivity index (χ4n) is 2.25.